The number of nitrogens with zero attached hydrogens (tertiary/aromatic N) is 3. The summed E-state index contributed by atoms with van der Waals surface area (Å²) in [5.41, 5.74) is 15.5. The second-order valence-corrected chi connectivity index (χ2v) is 13.7. The number of fused-ring (bicyclic) bond motifs is 5. The van der Waals surface area contributed by atoms with Gasteiger partial charge in [0.15, 0.2) is 5.78 Å². The molecule has 0 radical (unpaired) electrons. The quantitative estimate of drug-likeness (QED) is 0.662. The largest absolute Gasteiger partial charge is 0.324 e. The second kappa shape index (κ2) is 7.89. The first kappa shape index (κ1) is 23.7. The van der Waals surface area contributed by atoms with E-state index in [4.69, 9.17) is 11.5 Å². The summed E-state index contributed by atoms with van der Waals surface area (Å²) < 4.78 is 1.75. The van der Waals surface area contributed by atoms with Gasteiger partial charge in [-0.1, -0.05) is 20.8 Å². The molecule has 5 saturated carbocycles. The first-order valence-corrected chi connectivity index (χ1v) is 14.2. The minimum atomic E-state index is -0.256. The van der Waals surface area contributed by atoms with Gasteiger partial charge in [0.1, 0.15) is 6.07 Å². The third kappa shape index (κ3) is 3.40. The zero-order valence-corrected chi connectivity index (χ0v) is 21.8. The zero-order valence-electron chi connectivity index (χ0n) is 21.8. The molecule has 35 heavy (non-hydrogen) atoms. The van der Waals surface area contributed by atoms with E-state index in [9.17, 15) is 10.1 Å². The Morgan fingerprint density at radius 3 is 2.66 bits per heavy atom. The van der Waals surface area contributed by atoms with Crippen LogP contribution in [0.3, 0.4) is 0 Å². The van der Waals surface area contributed by atoms with E-state index in [1.807, 2.05) is 0 Å². The molecule has 9 unspecified atom stereocenters. The summed E-state index contributed by atoms with van der Waals surface area (Å²) in [6, 6.07) is 2.29. The van der Waals surface area contributed by atoms with Gasteiger partial charge >= 0.3 is 0 Å². The van der Waals surface area contributed by atoms with Gasteiger partial charge in [-0.3, -0.25) is 9.48 Å². The van der Waals surface area contributed by atoms with Crippen molar-refractivity contribution >= 4 is 5.78 Å². The first-order valence-electron chi connectivity index (χ1n) is 14.2. The molecule has 1 heterocycles. The lowest BCUT2D eigenvalue weighted by Gasteiger charge is -2.64. The molecule has 190 valence electrons. The van der Waals surface area contributed by atoms with Crippen LogP contribution in [0.25, 0.3) is 0 Å². The van der Waals surface area contributed by atoms with Gasteiger partial charge in [0.2, 0.25) is 0 Å². The smallest absolute Gasteiger partial charge is 0.157 e. The summed E-state index contributed by atoms with van der Waals surface area (Å²) in [7, 11) is 0. The number of carbonyl (C=O) groups excluding carboxylic acids is 1. The highest BCUT2D eigenvalue weighted by molar-refractivity contribution is 5.82. The summed E-state index contributed by atoms with van der Waals surface area (Å²) in [6.45, 7) is 7.40. The van der Waals surface area contributed by atoms with Gasteiger partial charge in [0.05, 0.1) is 17.8 Å². The molecule has 4 N–H and O–H groups in total. The highest BCUT2D eigenvalue weighted by Crippen LogP contribution is 2.66. The first-order chi connectivity index (χ1) is 16.6. The van der Waals surface area contributed by atoms with Crippen molar-refractivity contribution in [2.24, 2.45) is 52.4 Å². The van der Waals surface area contributed by atoms with Crippen molar-refractivity contribution in [1.29, 1.82) is 5.26 Å². The number of hydrogen-bond acceptors (Lipinski definition) is 5. The van der Waals surface area contributed by atoms with Crippen LogP contribution in [0.5, 0.6) is 0 Å². The number of Topliss-reactive ketones (excluding diaryl/α,β-unsaturated/α-hetero) is 1. The molecule has 6 nitrogen and oxygen atoms in total. The fraction of sp³-hybridized carbons (Fsp3) is 0.828. The van der Waals surface area contributed by atoms with E-state index < -0.39 is 0 Å². The van der Waals surface area contributed by atoms with Crippen molar-refractivity contribution < 1.29 is 4.79 Å². The molecule has 1 aromatic rings. The maximum absolute atomic E-state index is 13.8. The van der Waals surface area contributed by atoms with E-state index in [2.05, 4.69) is 31.9 Å². The van der Waals surface area contributed by atoms with Crippen LogP contribution in [0.2, 0.25) is 0 Å². The minimum absolute atomic E-state index is 0.0229. The molecule has 0 spiro atoms. The Morgan fingerprint density at radius 1 is 1.17 bits per heavy atom. The average molecular weight is 478 g/mol. The Bertz CT molecular complexity index is 1070. The Morgan fingerprint density at radius 2 is 1.94 bits per heavy atom. The SMILES string of the molecule is CC1CCC2(N)C3CCC4(C)C(C(=O)Cn5cc(C#N)c(C6CC6)n5)CC(C)C4C3CCC2(N)C1. The third-order valence-electron chi connectivity index (χ3n) is 11.6. The van der Waals surface area contributed by atoms with Crippen molar-refractivity contribution in [3.8, 4) is 6.07 Å². The molecule has 0 aromatic carbocycles. The molecule has 0 saturated heterocycles. The van der Waals surface area contributed by atoms with Crippen molar-refractivity contribution in [3.63, 3.8) is 0 Å². The lowest BCUT2D eigenvalue weighted by atomic mass is 9.44. The molecular formula is C29H43N5O. The number of carbonyl (C=O) groups is 1. The van der Waals surface area contributed by atoms with E-state index in [0.29, 0.717) is 53.4 Å². The highest BCUT2D eigenvalue weighted by atomic mass is 16.1. The average Bonchev–Trinajstić information content (AvgIpc) is 3.51. The number of nitrogens with two attached hydrogens (primary N) is 2. The van der Waals surface area contributed by atoms with Crippen LogP contribution in [0, 0.1) is 52.3 Å². The predicted octanol–water partition coefficient (Wildman–Crippen LogP) is 4.51. The standard InChI is InChI=1S/C29H43N5O/c1-17-6-11-29(32)22-8-9-27(3)23(12-18(2)25(27)21(22)7-10-28(29,31)13-17)24(35)16-34-15-20(14-30)26(33-34)19-4-5-19/h15,17-19,21-23,25H,4-13,16,31-32H2,1-3H3. The molecule has 5 aliphatic rings. The summed E-state index contributed by atoms with van der Waals surface area (Å²) in [5, 5.41) is 14.2. The Hall–Kier alpha value is -1.71. The van der Waals surface area contributed by atoms with E-state index in [-0.39, 0.29) is 22.4 Å². The maximum Gasteiger partial charge on any atom is 0.157 e. The molecule has 0 bridgehead atoms. The monoisotopic (exact) mass is 477 g/mol. The summed E-state index contributed by atoms with van der Waals surface area (Å²) >= 11 is 0. The summed E-state index contributed by atoms with van der Waals surface area (Å²) in [5.74, 6) is 3.55. The van der Waals surface area contributed by atoms with Crippen LogP contribution in [-0.2, 0) is 11.3 Å². The predicted molar refractivity (Wildman–Crippen MR) is 135 cm³/mol. The van der Waals surface area contributed by atoms with Crippen molar-refractivity contribution in [1.82, 2.24) is 9.78 Å². The Kier molecular flexibility index (Phi) is 5.34. The van der Waals surface area contributed by atoms with E-state index in [1.165, 1.54) is 6.42 Å². The Labute approximate surface area is 210 Å². The number of nitriles is 1. The van der Waals surface area contributed by atoms with Gasteiger partial charge in [-0.25, -0.2) is 0 Å². The molecule has 6 heteroatoms. The molecule has 9 atom stereocenters. The van der Waals surface area contributed by atoms with Crippen LogP contribution in [0.4, 0.5) is 0 Å². The number of aromatic nitrogens is 2. The summed E-state index contributed by atoms with van der Waals surface area (Å²) in [4.78, 5) is 13.8. The minimum Gasteiger partial charge on any atom is -0.324 e. The lowest BCUT2D eigenvalue weighted by molar-refractivity contribution is -0.133. The molecule has 5 fully saturated rings. The third-order valence-corrected chi connectivity index (χ3v) is 11.6. The van der Waals surface area contributed by atoms with E-state index in [0.717, 1.165) is 63.5 Å². The van der Waals surface area contributed by atoms with Crippen LogP contribution >= 0.6 is 0 Å². The number of ketones is 1. The Balaban J connectivity index is 1.24. The zero-order chi connectivity index (χ0) is 24.8. The molecule has 6 rings (SSSR count). The molecule has 5 aliphatic carbocycles. The highest BCUT2D eigenvalue weighted by Gasteiger charge is 2.66. The van der Waals surface area contributed by atoms with Gasteiger partial charge in [0.25, 0.3) is 0 Å². The van der Waals surface area contributed by atoms with Gasteiger partial charge < -0.3 is 11.5 Å². The van der Waals surface area contributed by atoms with Gasteiger partial charge in [0, 0.05) is 29.1 Å². The number of hydrogen-bond donors (Lipinski definition) is 2. The second-order valence-electron chi connectivity index (χ2n) is 13.7. The van der Waals surface area contributed by atoms with Gasteiger partial charge in [-0.05, 0) is 99.2 Å². The van der Waals surface area contributed by atoms with Crippen molar-refractivity contribution in [3.05, 3.63) is 17.5 Å². The maximum atomic E-state index is 13.8. The van der Waals surface area contributed by atoms with E-state index >= 15 is 0 Å². The molecule has 0 aliphatic heterocycles. The topological polar surface area (TPSA) is 111 Å². The normalized spacial score (nSPS) is 46.9. The lowest BCUT2D eigenvalue weighted by Crippen LogP contribution is -2.76. The number of rotatable bonds is 4. The molecular weight excluding hydrogens is 434 g/mol. The molecule has 1 aromatic heterocycles. The van der Waals surface area contributed by atoms with Crippen LogP contribution in [0.1, 0.15) is 102 Å². The fourth-order valence-electron chi connectivity index (χ4n) is 9.87. The van der Waals surface area contributed by atoms with Crippen LogP contribution in [-0.4, -0.2) is 26.6 Å². The fourth-order valence-corrected chi connectivity index (χ4v) is 9.87. The van der Waals surface area contributed by atoms with Crippen LogP contribution < -0.4 is 11.5 Å². The van der Waals surface area contributed by atoms with Crippen LogP contribution in [0.15, 0.2) is 6.20 Å². The van der Waals surface area contributed by atoms with Crippen molar-refractivity contribution in [2.75, 3.05) is 0 Å². The van der Waals surface area contributed by atoms with Gasteiger partial charge in [-0.2, -0.15) is 10.4 Å². The summed E-state index contributed by atoms with van der Waals surface area (Å²) in [6.07, 6.45) is 12.6. The van der Waals surface area contributed by atoms with E-state index in [1.54, 1.807) is 10.9 Å². The molecule has 0 amide bonds. The van der Waals surface area contributed by atoms with Gasteiger partial charge in [-0.15, -0.1) is 0 Å². The van der Waals surface area contributed by atoms with Crippen molar-refractivity contribution in [2.45, 2.75) is 109 Å².